The molecule has 2 atom stereocenters. The molecule has 0 bridgehead atoms. The van der Waals surface area contributed by atoms with Crippen LogP contribution < -0.4 is 0 Å². The molecule has 25 heavy (non-hydrogen) atoms. The Hall–Kier alpha value is -1.81. The molecular formula is C21H29N3O. The minimum absolute atomic E-state index is 0.347. The topological polar surface area (TPSA) is 28.5 Å². The number of aryl methyl sites for hydroxylation is 2. The standard InChI is InChI=1S/C21H29N3O/c1-22-14-12-20-19(22)9-5-6-13-24(20)21(25)11-10-16-15-23(2)18-8-4-3-7-17(16)18/h3-4,7-8,15,19-20H,5-6,9-14H2,1-2H3/t19-,20-/m1/s1. The number of benzene rings is 1. The van der Waals surface area contributed by atoms with Crippen LogP contribution >= 0.6 is 0 Å². The summed E-state index contributed by atoms with van der Waals surface area (Å²) in [5.74, 6) is 0.347. The number of likely N-dealkylation sites (tertiary alicyclic amines) is 2. The van der Waals surface area contributed by atoms with Gasteiger partial charge in [-0.2, -0.15) is 0 Å². The number of hydrogen-bond donors (Lipinski definition) is 0. The second-order valence-corrected chi connectivity index (χ2v) is 7.77. The molecule has 3 heterocycles. The number of amides is 1. The van der Waals surface area contributed by atoms with Gasteiger partial charge in [-0.05, 0) is 44.4 Å². The van der Waals surface area contributed by atoms with Crippen molar-refractivity contribution < 1.29 is 4.79 Å². The Kier molecular flexibility index (Phi) is 4.55. The van der Waals surface area contributed by atoms with E-state index in [1.54, 1.807) is 0 Å². The Bertz CT molecular complexity index is 766. The van der Waals surface area contributed by atoms with Crippen LogP contribution in [0.2, 0.25) is 0 Å². The van der Waals surface area contributed by atoms with Gasteiger partial charge in [0.05, 0.1) is 0 Å². The zero-order valence-electron chi connectivity index (χ0n) is 15.4. The summed E-state index contributed by atoms with van der Waals surface area (Å²) < 4.78 is 2.17. The van der Waals surface area contributed by atoms with E-state index >= 15 is 0 Å². The van der Waals surface area contributed by atoms with Gasteiger partial charge in [0.1, 0.15) is 0 Å². The van der Waals surface area contributed by atoms with E-state index in [1.165, 1.54) is 29.3 Å². The molecule has 0 spiro atoms. The average Bonchev–Trinajstić information content (AvgIpc) is 3.05. The molecule has 2 aliphatic heterocycles. The van der Waals surface area contributed by atoms with Gasteiger partial charge in [0.25, 0.3) is 0 Å². The molecule has 1 aromatic carbocycles. The summed E-state index contributed by atoms with van der Waals surface area (Å²) in [5.41, 5.74) is 2.54. The zero-order chi connectivity index (χ0) is 17.4. The molecule has 2 aliphatic rings. The van der Waals surface area contributed by atoms with E-state index in [1.807, 2.05) is 0 Å². The van der Waals surface area contributed by atoms with Gasteiger partial charge < -0.3 is 14.4 Å². The van der Waals surface area contributed by atoms with Crippen LogP contribution in [0.4, 0.5) is 0 Å². The molecular weight excluding hydrogens is 310 g/mol. The normalized spacial score (nSPS) is 24.5. The second kappa shape index (κ2) is 6.83. The van der Waals surface area contributed by atoms with Gasteiger partial charge in [0, 0.05) is 55.7 Å². The quantitative estimate of drug-likeness (QED) is 0.859. The fourth-order valence-electron chi connectivity index (χ4n) is 4.89. The van der Waals surface area contributed by atoms with Gasteiger partial charge in [-0.15, -0.1) is 0 Å². The summed E-state index contributed by atoms with van der Waals surface area (Å²) in [7, 11) is 4.30. The monoisotopic (exact) mass is 339 g/mol. The van der Waals surface area contributed by atoms with Crippen LogP contribution in [0.3, 0.4) is 0 Å². The van der Waals surface area contributed by atoms with Crippen molar-refractivity contribution in [3.63, 3.8) is 0 Å². The van der Waals surface area contributed by atoms with Gasteiger partial charge in [0.15, 0.2) is 0 Å². The third-order valence-corrected chi connectivity index (χ3v) is 6.25. The number of rotatable bonds is 3. The summed E-state index contributed by atoms with van der Waals surface area (Å²) in [6.45, 7) is 2.08. The maximum atomic E-state index is 13.0. The van der Waals surface area contributed by atoms with E-state index in [2.05, 4.69) is 58.9 Å². The summed E-state index contributed by atoms with van der Waals surface area (Å²) >= 11 is 0. The lowest BCUT2D eigenvalue weighted by molar-refractivity contribution is -0.133. The van der Waals surface area contributed by atoms with Crippen LogP contribution in [0, 0.1) is 0 Å². The summed E-state index contributed by atoms with van der Waals surface area (Å²) in [6, 6.07) is 9.49. The van der Waals surface area contributed by atoms with Crippen molar-refractivity contribution in [1.82, 2.24) is 14.4 Å². The molecule has 2 saturated heterocycles. The van der Waals surface area contributed by atoms with Gasteiger partial charge in [0.2, 0.25) is 5.91 Å². The van der Waals surface area contributed by atoms with Crippen LogP contribution in [0.25, 0.3) is 10.9 Å². The second-order valence-electron chi connectivity index (χ2n) is 7.77. The molecule has 0 unspecified atom stereocenters. The number of fused-ring (bicyclic) bond motifs is 2. The number of carbonyl (C=O) groups is 1. The van der Waals surface area contributed by atoms with Crippen molar-refractivity contribution in [2.75, 3.05) is 20.1 Å². The van der Waals surface area contributed by atoms with Crippen LogP contribution in [0.15, 0.2) is 30.5 Å². The van der Waals surface area contributed by atoms with Crippen molar-refractivity contribution in [3.8, 4) is 0 Å². The highest BCUT2D eigenvalue weighted by Gasteiger charge is 2.38. The predicted molar refractivity (Wildman–Crippen MR) is 102 cm³/mol. The molecule has 1 amide bonds. The molecule has 2 aromatic rings. The predicted octanol–water partition coefficient (Wildman–Crippen LogP) is 3.20. The molecule has 2 fully saturated rings. The Morgan fingerprint density at radius 1 is 1.08 bits per heavy atom. The van der Waals surface area contributed by atoms with E-state index in [4.69, 9.17) is 0 Å². The van der Waals surface area contributed by atoms with Gasteiger partial charge in [-0.3, -0.25) is 4.79 Å². The minimum atomic E-state index is 0.347. The molecule has 4 rings (SSSR count). The highest BCUT2D eigenvalue weighted by atomic mass is 16.2. The molecule has 134 valence electrons. The number of para-hydroxylation sites is 1. The maximum Gasteiger partial charge on any atom is 0.223 e. The fourth-order valence-corrected chi connectivity index (χ4v) is 4.89. The maximum absolute atomic E-state index is 13.0. The molecule has 1 aromatic heterocycles. The molecule has 0 aliphatic carbocycles. The smallest absolute Gasteiger partial charge is 0.223 e. The minimum Gasteiger partial charge on any atom is -0.350 e. The van der Waals surface area contributed by atoms with E-state index in [0.717, 1.165) is 32.4 Å². The number of aromatic nitrogens is 1. The number of nitrogens with zero attached hydrogens (tertiary/aromatic N) is 3. The third kappa shape index (κ3) is 3.08. The highest BCUT2D eigenvalue weighted by molar-refractivity contribution is 5.85. The molecule has 4 nitrogen and oxygen atoms in total. The van der Waals surface area contributed by atoms with E-state index in [0.29, 0.717) is 24.4 Å². The first kappa shape index (κ1) is 16.6. The van der Waals surface area contributed by atoms with Crippen LogP contribution in [0.5, 0.6) is 0 Å². The molecule has 0 N–H and O–H groups in total. The van der Waals surface area contributed by atoms with Crippen molar-refractivity contribution in [2.24, 2.45) is 7.05 Å². The Labute approximate surface area is 150 Å². The van der Waals surface area contributed by atoms with Crippen LogP contribution in [-0.2, 0) is 18.3 Å². The molecule has 4 heteroatoms. The Morgan fingerprint density at radius 2 is 1.92 bits per heavy atom. The Morgan fingerprint density at radius 3 is 2.80 bits per heavy atom. The average molecular weight is 339 g/mol. The molecule has 0 saturated carbocycles. The van der Waals surface area contributed by atoms with Gasteiger partial charge in [-0.25, -0.2) is 0 Å². The number of likely N-dealkylation sites (N-methyl/N-ethyl adjacent to an activating group) is 1. The van der Waals surface area contributed by atoms with E-state index in [-0.39, 0.29) is 0 Å². The summed E-state index contributed by atoms with van der Waals surface area (Å²) in [6.07, 6.45) is 8.44. The van der Waals surface area contributed by atoms with Crippen molar-refractivity contribution in [2.45, 2.75) is 50.6 Å². The first-order valence-electron chi connectivity index (χ1n) is 9.68. The summed E-state index contributed by atoms with van der Waals surface area (Å²) in [4.78, 5) is 17.7. The largest absolute Gasteiger partial charge is 0.350 e. The van der Waals surface area contributed by atoms with Gasteiger partial charge in [-0.1, -0.05) is 24.6 Å². The number of hydrogen-bond acceptors (Lipinski definition) is 2. The lowest BCUT2D eigenvalue weighted by atomic mass is 10.0. The highest BCUT2D eigenvalue weighted by Crippen LogP contribution is 2.30. The van der Waals surface area contributed by atoms with Crippen LogP contribution in [-0.4, -0.2) is 52.5 Å². The van der Waals surface area contributed by atoms with Crippen molar-refractivity contribution >= 4 is 16.8 Å². The summed E-state index contributed by atoms with van der Waals surface area (Å²) in [5, 5.41) is 1.28. The van der Waals surface area contributed by atoms with Gasteiger partial charge >= 0.3 is 0 Å². The number of carbonyl (C=O) groups excluding carboxylic acids is 1. The fraction of sp³-hybridized carbons (Fsp3) is 0.571. The van der Waals surface area contributed by atoms with E-state index < -0.39 is 0 Å². The first-order chi connectivity index (χ1) is 12.1. The zero-order valence-corrected chi connectivity index (χ0v) is 15.4. The first-order valence-corrected chi connectivity index (χ1v) is 9.68. The lowest BCUT2D eigenvalue weighted by Crippen LogP contribution is -2.46. The van der Waals surface area contributed by atoms with Crippen molar-refractivity contribution in [1.29, 1.82) is 0 Å². The van der Waals surface area contributed by atoms with E-state index in [9.17, 15) is 4.79 Å². The third-order valence-electron chi connectivity index (χ3n) is 6.25. The SMILES string of the molecule is CN1CC[C@@H]2[C@H]1CCCCN2C(=O)CCc1cn(C)c2ccccc12. The Balaban J connectivity index is 1.48. The van der Waals surface area contributed by atoms with Crippen LogP contribution in [0.1, 0.15) is 37.7 Å². The lowest BCUT2D eigenvalue weighted by Gasteiger charge is -2.32. The molecule has 0 radical (unpaired) electrons. The van der Waals surface area contributed by atoms with Crippen molar-refractivity contribution in [3.05, 3.63) is 36.0 Å².